The van der Waals surface area contributed by atoms with Crippen LogP contribution in [0.25, 0.3) is 0 Å². The van der Waals surface area contributed by atoms with Gasteiger partial charge >= 0.3 is 0 Å². The Labute approximate surface area is 115 Å². The minimum absolute atomic E-state index is 0.0663. The SMILES string of the molecule is O=C(NC1CCOc2ccccc21)c1ccoc1Cl. The second-order valence-electron chi connectivity index (χ2n) is 4.31. The maximum atomic E-state index is 12.1. The fourth-order valence-electron chi connectivity index (χ4n) is 2.18. The number of amides is 1. The van der Waals surface area contributed by atoms with E-state index in [0.717, 1.165) is 17.7 Å². The number of nitrogens with one attached hydrogen (secondary N) is 1. The number of carbonyl (C=O) groups excluding carboxylic acids is 1. The molecule has 1 aromatic heterocycles. The van der Waals surface area contributed by atoms with E-state index in [9.17, 15) is 4.79 Å². The number of ether oxygens (including phenoxy) is 1. The van der Waals surface area contributed by atoms with E-state index < -0.39 is 0 Å². The highest BCUT2D eigenvalue weighted by Crippen LogP contribution is 2.32. The van der Waals surface area contributed by atoms with Gasteiger partial charge in [0.05, 0.1) is 24.5 Å². The summed E-state index contributed by atoms with van der Waals surface area (Å²) >= 11 is 5.80. The van der Waals surface area contributed by atoms with E-state index >= 15 is 0 Å². The predicted molar refractivity (Wildman–Crippen MR) is 70.5 cm³/mol. The molecule has 3 rings (SSSR count). The van der Waals surface area contributed by atoms with Crippen LogP contribution in [0.2, 0.25) is 5.22 Å². The Morgan fingerprint density at radius 1 is 1.32 bits per heavy atom. The zero-order valence-corrected chi connectivity index (χ0v) is 10.8. The number of furan rings is 1. The Morgan fingerprint density at radius 2 is 2.16 bits per heavy atom. The largest absolute Gasteiger partial charge is 0.493 e. The first-order valence-corrected chi connectivity index (χ1v) is 6.39. The molecule has 0 saturated heterocycles. The molecule has 0 radical (unpaired) electrons. The molecule has 98 valence electrons. The van der Waals surface area contributed by atoms with E-state index in [1.165, 1.54) is 6.26 Å². The van der Waals surface area contributed by atoms with Gasteiger partial charge in [0.2, 0.25) is 5.22 Å². The number of carbonyl (C=O) groups is 1. The van der Waals surface area contributed by atoms with Crippen LogP contribution in [-0.4, -0.2) is 12.5 Å². The van der Waals surface area contributed by atoms with Crippen LogP contribution < -0.4 is 10.1 Å². The first-order chi connectivity index (χ1) is 9.25. The highest BCUT2D eigenvalue weighted by molar-refractivity contribution is 6.32. The summed E-state index contributed by atoms with van der Waals surface area (Å²) in [5.74, 6) is 0.581. The Balaban J connectivity index is 1.82. The summed E-state index contributed by atoms with van der Waals surface area (Å²) in [7, 11) is 0. The molecule has 1 aromatic carbocycles. The van der Waals surface area contributed by atoms with Gasteiger partial charge in [-0.25, -0.2) is 0 Å². The Bertz CT molecular complexity index is 608. The summed E-state index contributed by atoms with van der Waals surface area (Å²) in [6.07, 6.45) is 2.13. The molecule has 0 aliphatic carbocycles. The van der Waals surface area contributed by atoms with E-state index in [4.69, 9.17) is 20.8 Å². The predicted octanol–water partition coefficient (Wildman–Crippen LogP) is 3.19. The lowest BCUT2D eigenvalue weighted by molar-refractivity contribution is 0.0924. The normalized spacial score (nSPS) is 17.4. The first-order valence-electron chi connectivity index (χ1n) is 6.01. The molecule has 2 heterocycles. The molecule has 1 aliphatic heterocycles. The Hall–Kier alpha value is -1.94. The second-order valence-corrected chi connectivity index (χ2v) is 4.65. The molecule has 19 heavy (non-hydrogen) atoms. The highest BCUT2D eigenvalue weighted by Gasteiger charge is 2.24. The molecule has 1 N–H and O–H groups in total. The molecule has 0 bridgehead atoms. The highest BCUT2D eigenvalue weighted by atomic mass is 35.5. The summed E-state index contributed by atoms with van der Waals surface area (Å²) < 4.78 is 10.5. The lowest BCUT2D eigenvalue weighted by Crippen LogP contribution is -2.32. The van der Waals surface area contributed by atoms with Gasteiger partial charge < -0.3 is 14.5 Å². The fraction of sp³-hybridized carbons (Fsp3) is 0.214. The minimum atomic E-state index is -0.236. The van der Waals surface area contributed by atoms with Gasteiger partial charge in [0.25, 0.3) is 5.91 Å². The third-order valence-electron chi connectivity index (χ3n) is 3.13. The summed E-state index contributed by atoms with van der Waals surface area (Å²) in [6.45, 7) is 0.584. The summed E-state index contributed by atoms with van der Waals surface area (Å²) in [5, 5.41) is 3.06. The zero-order chi connectivity index (χ0) is 13.2. The van der Waals surface area contributed by atoms with Crippen LogP contribution in [-0.2, 0) is 0 Å². The molecular weight excluding hydrogens is 266 g/mol. The number of rotatable bonds is 2. The average Bonchev–Trinajstić information content (AvgIpc) is 2.85. The van der Waals surface area contributed by atoms with Crippen LogP contribution in [0, 0.1) is 0 Å². The summed E-state index contributed by atoms with van der Waals surface area (Å²) in [6, 6.07) is 9.19. The van der Waals surface area contributed by atoms with Gasteiger partial charge in [-0.15, -0.1) is 0 Å². The first kappa shape index (κ1) is 12.1. The average molecular weight is 278 g/mol. The van der Waals surface area contributed by atoms with E-state index in [2.05, 4.69) is 5.32 Å². The quantitative estimate of drug-likeness (QED) is 0.917. The molecule has 1 unspecified atom stereocenters. The van der Waals surface area contributed by atoms with E-state index in [-0.39, 0.29) is 17.2 Å². The molecule has 2 aromatic rings. The van der Waals surface area contributed by atoms with Crippen molar-refractivity contribution in [2.24, 2.45) is 0 Å². The third kappa shape index (κ3) is 2.31. The van der Waals surface area contributed by atoms with Gasteiger partial charge in [0.1, 0.15) is 5.75 Å². The standard InChI is InChI=1S/C14H12ClNO3/c15-13-10(5-7-19-13)14(17)16-11-6-8-18-12-4-2-1-3-9(11)12/h1-5,7,11H,6,8H2,(H,16,17). The van der Waals surface area contributed by atoms with Crippen molar-refractivity contribution in [2.45, 2.75) is 12.5 Å². The maximum absolute atomic E-state index is 12.1. The number of benzene rings is 1. The third-order valence-corrected chi connectivity index (χ3v) is 3.42. The van der Waals surface area contributed by atoms with Crippen molar-refractivity contribution in [2.75, 3.05) is 6.61 Å². The molecular formula is C14H12ClNO3. The number of halogens is 1. The monoisotopic (exact) mass is 277 g/mol. The zero-order valence-electron chi connectivity index (χ0n) is 10.1. The second kappa shape index (κ2) is 4.97. The van der Waals surface area contributed by atoms with Gasteiger partial charge in [-0.05, 0) is 23.7 Å². The smallest absolute Gasteiger partial charge is 0.256 e. The van der Waals surface area contributed by atoms with Gasteiger partial charge in [0.15, 0.2) is 0 Å². The van der Waals surface area contributed by atoms with Crippen molar-refractivity contribution >= 4 is 17.5 Å². The van der Waals surface area contributed by atoms with E-state index in [0.29, 0.717) is 12.2 Å². The van der Waals surface area contributed by atoms with Crippen molar-refractivity contribution in [3.8, 4) is 5.75 Å². The van der Waals surface area contributed by atoms with Crippen LogP contribution in [0.1, 0.15) is 28.4 Å². The minimum Gasteiger partial charge on any atom is -0.493 e. The van der Waals surface area contributed by atoms with Crippen LogP contribution >= 0.6 is 11.6 Å². The Kier molecular flexibility index (Phi) is 3.17. The van der Waals surface area contributed by atoms with Crippen molar-refractivity contribution in [3.63, 3.8) is 0 Å². The lowest BCUT2D eigenvalue weighted by Gasteiger charge is -2.26. The number of fused-ring (bicyclic) bond motifs is 1. The maximum Gasteiger partial charge on any atom is 0.256 e. The van der Waals surface area contributed by atoms with Crippen LogP contribution in [0.3, 0.4) is 0 Å². The van der Waals surface area contributed by atoms with Gasteiger partial charge in [0, 0.05) is 12.0 Å². The molecule has 4 nitrogen and oxygen atoms in total. The fourth-order valence-corrected chi connectivity index (χ4v) is 2.38. The topological polar surface area (TPSA) is 51.5 Å². The molecule has 0 fully saturated rings. The van der Waals surface area contributed by atoms with Gasteiger partial charge in [-0.2, -0.15) is 0 Å². The molecule has 0 saturated carbocycles. The van der Waals surface area contributed by atoms with Crippen LogP contribution in [0.5, 0.6) is 5.75 Å². The molecule has 1 amide bonds. The van der Waals surface area contributed by atoms with Gasteiger partial charge in [-0.3, -0.25) is 4.79 Å². The van der Waals surface area contributed by atoms with E-state index in [1.807, 2.05) is 24.3 Å². The van der Waals surface area contributed by atoms with Crippen LogP contribution in [0.4, 0.5) is 0 Å². The van der Waals surface area contributed by atoms with Crippen molar-refractivity contribution in [1.82, 2.24) is 5.32 Å². The number of hydrogen-bond acceptors (Lipinski definition) is 3. The van der Waals surface area contributed by atoms with Gasteiger partial charge in [-0.1, -0.05) is 18.2 Å². The molecule has 1 atom stereocenters. The number of para-hydroxylation sites is 1. The van der Waals surface area contributed by atoms with Crippen molar-refractivity contribution in [3.05, 3.63) is 52.9 Å². The van der Waals surface area contributed by atoms with Crippen LogP contribution in [0.15, 0.2) is 41.0 Å². The molecule has 5 heteroatoms. The summed E-state index contributed by atoms with van der Waals surface area (Å²) in [4.78, 5) is 12.1. The van der Waals surface area contributed by atoms with E-state index in [1.54, 1.807) is 6.07 Å². The molecule has 1 aliphatic rings. The summed E-state index contributed by atoms with van der Waals surface area (Å²) in [5.41, 5.74) is 1.34. The Morgan fingerprint density at radius 3 is 2.95 bits per heavy atom. The number of hydrogen-bond donors (Lipinski definition) is 1. The lowest BCUT2D eigenvalue weighted by atomic mass is 10.0. The van der Waals surface area contributed by atoms with Crippen molar-refractivity contribution in [1.29, 1.82) is 0 Å². The molecule has 0 spiro atoms. The van der Waals surface area contributed by atoms with Crippen molar-refractivity contribution < 1.29 is 13.9 Å².